The fraction of sp³-hybridized carbons (Fsp3) is 0.379. The monoisotopic (exact) mass is 607 g/mol. The normalized spacial score (nSPS) is 11.8. The third-order valence-corrected chi connectivity index (χ3v) is 6.60. The lowest BCUT2D eigenvalue weighted by Gasteiger charge is -2.19. The molecule has 0 saturated heterocycles. The van der Waals surface area contributed by atoms with Crippen LogP contribution >= 0.6 is 0 Å². The summed E-state index contributed by atoms with van der Waals surface area (Å²) in [6, 6.07) is 4.09. The molecule has 3 amide bonds. The van der Waals surface area contributed by atoms with Crippen molar-refractivity contribution in [2.24, 2.45) is 27.9 Å². The van der Waals surface area contributed by atoms with Gasteiger partial charge in [-0.1, -0.05) is 12.2 Å². The Bertz CT molecular complexity index is 1570. The molecule has 9 N–H and O–H groups in total. The highest BCUT2D eigenvalue weighted by molar-refractivity contribution is 6.04. The zero-order valence-corrected chi connectivity index (χ0v) is 25.3. The Kier molecular flexibility index (Phi) is 11.6. The number of hydrogen-bond donors (Lipinski definition) is 5. The van der Waals surface area contributed by atoms with Crippen LogP contribution in [0.4, 0.5) is 5.95 Å². The zero-order valence-electron chi connectivity index (χ0n) is 25.3. The van der Waals surface area contributed by atoms with Crippen molar-refractivity contribution in [2.45, 2.75) is 45.8 Å². The van der Waals surface area contributed by atoms with E-state index in [1.165, 1.54) is 17.0 Å². The number of guanidine groups is 1. The summed E-state index contributed by atoms with van der Waals surface area (Å²) >= 11 is 0. The number of benzene rings is 1. The van der Waals surface area contributed by atoms with E-state index in [4.69, 9.17) is 27.7 Å². The Morgan fingerprint density at radius 2 is 1.95 bits per heavy atom. The number of likely N-dealkylation sites (N-methyl/N-ethyl adjacent to an activating group) is 1. The Balaban J connectivity index is 1.76. The highest BCUT2D eigenvalue weighted by atomic mass is 16.5. The quantitative estimate of drug-likeness (QED) is 0.0672. The van der Waals surface area contributed by atoms with Gasteiger partial charge in [-0.15, -0.1) is 6.58 Å². The lowest BCUT2D eigenvalue weighted by Crippen LogP contribution is -2.41. The Morgan fingerprint density at radius 3 is 2.61 bits per heavy atom. The Hall–Kier alpha value is -5.18. The Labute approximate surface area is 255 Å². The van der Waals surface area contributed by atoms with Gasteiger partial charge in [0.25, 0.3) is 5.91 Å². The number of nitrogens with one attached hydrogen (secondary N) is 1. The van der Waals surface area contributed by atoms with Gasteiger partial charge in [0.05, 0.1) is 17.3 Å². The van der Waals surface area contributed by atoms with Crippen LogP contribution in [0.5, 0.6) is 5.75 Å². The van der Waals surface area contributed by atoms with E-state index in [0.717, 1.165) is 0 Å². The van der Waals surface area contributed by atoms with E-state index in [1.54, 1.807) is 40.6 Å². The van der Waals surface area contributed by atoms with Crippen molar-refractivity contribution in [3.05, 3.63) is 60.0 Å². The molecule has 2 aromatic heterocycles. The molecular weight excluding hydrogens is 566 g/mol. The van der Waals surface area contributed by atoms with E-state index < -0.39 is 11.9 Å². The highest BCUT2D eigenvalue weighted by Crippen LogP contribution is 2.31. The van der Waals surface area contributed by atoms with E-state index in [1.807, 2.05) is 13.8 Å². The maximum Gasteiger partial charge on any atom is 0.276 e. The number of aliphatic imine (C=N–C) groups is 1. The molecule has 3 rings (SSSR count). The molecule has 1 atom stereocenters. The zero-order chi connectivity index (χ0) is 32.4. The van der Waals surface area contributed by atoms with Crippen LogP contribution in [-0.2, 0) is 17.9 Å². The van der Waals surface area contributed by atoms with Gasteiger partial charge in [-0.3, -0.25) is 29.4 Å². The number of aromatic nitrogens is 4. The van der Waals surface area contributed by atoms with Crippen LogP contribution in [0, 0.1) is 6.92 Å². The summed E-state index contributed by atoms with van der Waals surface area (Å²) in [5, 5.41) is 7.18. The molecule has 2 heterocycles. The van der Waals surface area contributed by atoms with Gasteiger partial charge in [0.1, 0.15) is 23.6 Å². The van der Waals surface area contributed by atoms with Gasteiger partial charge in [-0.25, -0.2) is 4.98 Å². The molecule has 0 aliphatic carbocycles. The van der Waals surface area contributed by atoms with Crippen LogP contribution in [0.1, 0.15) is 46.3 Å². The number of fused-ring (bicyclic) bond motifs is 1. The number of primary amides is 1. The first-order chi connectivity index (χ1) is 21.0. The van der Waals surface area contributed by atoms with Crippen LogP contribution in [0.2, 0.25) is 0 Å². The summed E-state index contributed by atoms with van der Waals surface area (Å²) in [5.41, 5.74) is 24.4. The number of aryl methyl sites for hydroxylation is 2. The lowest BCUT2D eigenvalue weighted by molar-refractivity contribution is -0.130. The topological polar surface area (TPSA) is 228 Å². The molecule has 15 nitrogen and oxygen atoms in total. The minimum Gasteiger partial charge on any atom is -0.487 e. The molecule has 0 spiro atoms. The lowest BCUT2D eigenvalue weighted by atomic mass is 10.1. The third kappa shape index (κ3) is 8.44. The van der Waals surface area contributed by atoms with Gasteiger partial charge in [-0.05, 0) is 51.0 Å². The van der Waals surface area contributed by atoms with Crippen LogP contribution in [0.15, 0.2) is 48.0 Å². The summed E-state index contributed by atoms with van der Waals surface area (Å²) in [6.07, 6.45) is 6.19. The van der Waals surface area contributed by atoms with Gasteiger partial charge in [0, 0.05) is 38.8 Å². The van der Waals surface area contributed by atoms with E-state index >= 15 is 0 Å². The largest absolute Gasteiger partial charge is 0.487 e. The van der Waals surface area contributed by atoms with Crippen molar-refractivity contribution in [1.82, 2.24) is 24.2 Å². The molecule has 0 fully saturated rings. The van der Waals surface area contributed by atoms with Crippen LogP contribution in [0.3, 0.4) is 0 Å². The minimum atomic E-state index is -0.671. The molecule has 0 aliphatic heterocycles. The van der Waals surface area contributed by atoms with Crippen molar-refractivity contribution >= 4 is 40.7 Å². The van der Waals surface area contributed by atoms with E-state index in [9.17, 15) is 14.4 Å². The molecule has 15 heteroatoms. The van der Waals surface area contributed by atoms with Crippen molar-refractivity contribution in [1.29, 1.82) is 0 Å². The second kappa shape index (κ2) is 15.3. The first-order valence-corrected chi connectivity index (χ1v) is 14.1. The molecule has 0 bridgehead atoms. The number of imidazole rings is 1. The standard InChI is InChI=1S/C29H41N11O4/c1-5-12-39-24-21(35-29(39)36-26(42)22-15-18(3)37-40(22)6-2)16-19(25(31)41)17-23(24)44-14-8-7-13-38(4)27(43)20(30)10-9-11-34-28(32)33/h5,7-8,15-17,20H,1,6,9-14,30H2,2-4H3,(H2,31,41)(H4,32,33,34)(H,35,36,42)/b8-7+. The number of nitrogens with zero attached hydrogens (tertiary/aromatic N) is 6. The molecule has 236 valence electrons. The first-order valence-electron chi connectivity index (χ1n) is 14.1. The highest BCUT2D eigenvalue weighted by Gasteiger charge is 2.21. The van der Waals surface area contributed by atoms with Gasteiger partial charge in [0.2, 0.25) is 17.8 Å². The number of hydrogen-bond acceptors (Lipinski definition) is 8. The van der Waals surface area contributed by atoms with Crippen LogP contribution in [0.25, 0.3) is 11.0 Å². The summed E-state index contributed by atoms with van der Waals surface area (Å²) in [7, 11) is 1.65. The van der Waals surface area contributed by atoms with Gasteiger partial charge < -0.3 is 37.1 Å². The summed E-state index contributed by atoms with van der Waals surface area (Å²) < 4.78 is 9.37. The summed E-state index contributed by atoms with van der Waals surface area (Å²) in [4.78, 5) is 47.8. The predicted molar refractivity (Wildman–Crippen MR) is 169 cm³/mol. The third-order valence-electron chi connectivity index (χ3n) is 6.60. The number of carbonyl (C=O) groups excluding carboxylic acids is 3. The number of amides is 3. The molecule has 0 radical (unpaired) electrons. The first kappa shape index (κ1) is 33.3. The number of allylic oxidation sites excluding steroid dienone is 1. The van der Waals surface area contributed by atoms with Crippen LogP contribution < -0.4 is 33.0 Å². The molecule has 1 unspecified atom stereocenters. The fourth-order valence-electron chi connectivity index (χ4n) is 4.47. The van der Waals surface area contributed by atoms with E-state index in [0.29, 0.717) is 67.2 Å². The molecule has 44 heavy (non-hydrogen) atoms. The van der Waals surface area contributed by atoms with E-state index in [-0.39, 0.29) is 35.9 Å². The van der Waals surface area contributed by atoms with Gasteiger partial charge in [0.15, 0.2) is 5.96 Å². The average Bonchev–Trinajstić information content (AvgIpc) is 3.53. The molecule has 1 aromatic carbocycles. The average molecular weight is 608 g/mol. The van der Waals surface area contributed by atoms with E-state index in [2.05, 4.69) is 27.0 Å². The maximum absolute atomic E-state index is 13.2. The SMILES string of the molecule is C=CCn1c(NC(=O)c2cc(C)nn2CC)nc2cc(C(N)=O)cc(OC/C=C/CN(C)C(=O)C(N)CCCN=C(N)N)c21. The Morgan fingerprint density at radius 1 is 1.20 bits per heavy atom. The maximum atomic E-state index is 13.2. The second-order valence-electron chi connectivity index (χ2n) is 10.0. The molecule has 0 saturated carbocycles. The number of carbonyl (C=O) groups is 3. The van der Waals surface area contributed by atoms with Crippen molar-refractivity contribution in [2.75, 3.05) is 32.1 Å². The van der Waals surface area contributed by atoms with Crippen molar-refractivity contribution in [3.8, 4) is 5.75 Å². The fourth-order valence-corrected chi connectivity index (χ4v) is 4.47. The molecular formula is C29H41N11O4. The smallest absolute Gasteiger partial charge is 0.276 e. The predicted octanol–water partition coefficient (Wildman–Crippen LogP) is 0.873. The summed E-state index contributed by atoms with van der Waals surface area (Å²) in [5.74, 6) is -0.689. The molecule has 0 aliphatic rings. The number of anilines is 1. The second-order valence-corrected chi connectivity index (χ2v) is 10.0. The summed E-state index contributed by atoms with van der Waals surface area (Å²) in [6.45, 7) is 9.15. The van der Waals surface area contributed by atoms with Crippen molar-refractivity contribution in [3.63, 3.8) is 0 Å². The van der Waals surface area contributed by atoms with Crippen molar-refractivity contribution < 1.29 is 19.1 Å². The van der Waals surface area contributed by atoms with Gasteiger partial charge in [-0.2, -0.15) is 5.10 Å². The number of rotatable bonds is 16. The molecule has 3 aromatic rings. The van der Waals surface area contributed by atoms with Gasteiger partial charge >= 0.3 is 0 Å². The van der Waals surface area contributed by atoms with Crippen LogP contribution in [-0.4, -0.2) is 80.7 Å². The minimum absolute atomic E-state index is 0.0000841. The number of ether oxygens (including phenoxy) is 1. The number of nitrogens with two attached hydrogens (primary N) is 4.